The van der Waals surface area contributed by atoms with Crippen molar-refractivity contribution in [2.45, 2.75) is 12.8 Å². The highest BCUT2D eigenvalue weighted by atomic mass is 15.2. The number of piperidine rings is 1. The second kappa shape index (κ2) is 5.65. The van der Waals surface area contributed by atoms with Gasteiger partial charge in [-0.15, -0.1) is 0 Å². The third-order valence-corrected chi connectivity index (χ3v) is 3.20. The summed E-state index contributed by atoms with van der Waals surface area (Å²) in [6.45, 7) is 3.27. The largest absolute Gasteiger partial charge is 0.359 e. The first-order valence-corrected chi connectivity index (χ1v) is 6.07. The van der Waals surface area contributed by atoms with Gasteiger partial charge in [0, 0.05) is 19.8 Å². The fourth-order valence-electron chi connectivity index (χ4n) is 2.24. The van der Waals surface area contributed by atoms with E-state index in [4.69, 9.17) is 5.26 Å². The topological polar surface area (TPSA) is 52.0 Å². The van der Waals surface area contributed by atoms with Crippen molar-refractivity contribution in [3.05, 3.63) is 23.9 Å². The molecule has 1 saturated heterocycles. The molecule has 0 spiro atoms. The van der Waals surface area contributed by atoms with Crippen LogP contribution >= 0.6 is 0 Å². The van der Waals surface area contributed by atoms with Gasteiger partial charge in [-0.1, -0.05) is 0 Å². The lowest BCUT2D eigenvalue weighted by Crippen LogP contribution is -2.37. The Bertz CT molecular complexity index is 387. The average Bonchev–Trinajstić information content (AvgIpc) is 2.40. The fraction of sp³-hybridized carbons (Fsp3) is 0.538. The number of nitrogens with zero attached hydrogens (tertiary/aromatic N) is 3. The van der Waals surface area contributed by atoms with Gasteiger partial charge in [-0.05, 0) is 44.0 Å². The van der Waals surface area contributed by atoms with Gasteiger partial charge in [0.1, 0.15) is 11.9 Å². The number of nitriles is 1. The van der Waals surface area contributed by atoms with Crippen LogP contribution in [-0.2, 0) is 0 Å². The second-order valence-electron chi connectivity index (χ2n) is 4.61. The molecule has 2 rings (SSSR count). The van der Waals surface area contributed by atoms with Gasteiger partial charge in [-0.2, -0.15) is 5.26 Å². The number of hydrogen-bond acceptors (Lipinski definition) is 4. The minimum absolute atomic E-state index is 0.612. The van der Waals surface area contributed by atoms with Crippen molar-refractivity contribution in [1.82, 2.24) is 10.3 Å². The monoisotopic (exact) mass is 230 g/mol. The summed E-state index contributed by atoms with van der Waals surface area (Å²) in [4.78, 5) is 6.46. The number of pyridine rings is 1. The van der Waals surface area contributed by atoms with Crippen molar-refractivity contribution in [2.24, 2.45) is 5.92 Å². The highest BCUT2D eigenvalue weighted by Gasteiger charge is 2.15. The summed E-state index contributed by atoms with van der Waals surface area (Å²) < 4.78 is 0. The molecule has 1 aliphatic heterocycles. The fourth-order valence-corrected chi connectivity index (χ4v) is 2.24. The van der Waals surface area contributed by atoms with Crippen LogP contribution in [0.15, 0.2) is 18.3 Å². The highest BCUT2D eigenvalue weighted by molar-refractivity contribution is 5.41. The first kappa shape index (κ1) is 11.9. The Morgan fingerprint density at radius 3 is 3.06 bits per heavy atom. The summed E-state index contributed by atoms with van der Waals surface area (Å²) in [5, 5.41) is 12.1. The molecular weight excluding hydrogens is 212 g/mol. The van der Waals surface area contributed by atoms with Crippen LogP contribution in [0.3, 0.4) is 0 Å². The van der Waals surface area contributed by atoms with Crippen LogP contribution in [0.4, 0.5) is 5.82 Å². The van der Waals surface area contributed by atoms with Crippen LogP contribution in [0, 0.1) is 17.2 Å². The third kappa shape index (κ3) is 3.18. The molecule has 1 unspecified atom stereocenters. The molecule has 0 aromatic carbocycles. The Hall–Kier alpha value is -1.60. The van der Waals surface area contributed by atoms with Gasteiger partial charge >= 0.3 is 0 Å². The maximum absolute atomic E-state index is 8.72. The first-order chi connectivity index (χ1) is 8.29. The van der Waals surface area contributed by atoms with E-state index in [1.54, 1.807) is 6.20 Å². The minimum Gasteiger partial charge on any atom is -0.359 e. The summed E-state index contributed by atoms with van der Waals surface area (Å²) in [5.41, 5.74) is 0.612. The molecule has 17 heavy (non-hydrogen) atoms. The van der Waals surface area contributed by atoms with Gasteiger partial charge in [0.05, 0.1) is 5.56 Å². The first-order valence-electron chi connectivity index (χ1n) is 6.07. The third-order valence-electron chi connectivity index (χ3n) is 3.20. The molecule has 4 heteroatoms. The normalized spacial score (nSPS) is 19.6. The Labute approximate surface area is 102 Å². The van der Waals surface area contributed by atoms with E-state index in [0.29, 0.717) is 11.5 Å². The van der Waals surface area contributed by atoms with Crippen molar-refractivity contribution in [3.63, 3.8) is 0 Å². The van der Waals surface area contributed by atoms with Crippen molar-refractivity contribution in [3.8, 4) is 6.07 Å². The minimum atomic E-state index is 0.612. The Morgan fingerprint density at radius 2 is 2.47 bits per heavy atom. The standard InChI is InChI=1S/C13H18N4/c1-17(10-12-3-2-6-15-8-12)13-5-4-11(7-14)9-16-13/h4-5,9,12,15H,2-3,6,8,10H2,1H3. The van der Waals surface area contributed by atoms with E-state index >= 15 is 0 Å². The van der Waals surface area contributed by atoms with Gasteiger partial charge in [0.25, 0.3) is 0 Å². The molecule has 90 valence electrons. The van der Waals surface area contributed by atoms with Crippen LogP contribution in [-0.4, -0.2) is 31.7 Å². The van der Waals surface area contributed by atoms with Crippen molar-refractivity contribution < 1.29 is 0 Å². The second-order valence-corrected chi connectivity index (χ2v) is 4.61. The summed E-state index contributed by atoms with van der Waals surface area (Å²) in [7, 11) is 2.06. The van der Waals surface area contributed by atoms with Gasteiger partial charge in [-0.25, -0.2) is 4.98 Å². The van der Waals surface area contributed by atoms with Crippen LogP contribution in [0.2, 0.25) is 0 Å². The van der Waals surface area contributed by atoms with Crippen LogP contribution in [0.5, 0.6) is 0 Å². The summed E-state index contributed by atoms with van der Waals surface area (Å²) in [5.74, 6) is 1.64. The molecule has 1 aromatic rings. The van der Waals surface area contributed by atoms with E-state index in [1.807, 2.05) is 12.1 Å². The molecule has 2 heterocycles. The molecule has 1 atom stereocenters. The zero-order valence-corrected chi connectivity index (χ0v) is 10.2. The number of anilines is 1. The maximum atomic E-state index is 8.72. The van der Waals surface area contributed by atoms with E-state index in [2.05, 4.69) is 28.3 Å². The van der Waals surface area contributed by atoms with Crippen molar-refractivity contribution >= 4 is 5.82 Å². The SMILES string of the molecule is CN(CC1CCCNC1)c1ccc(C#N)cn1. The number of nitrogens with one attached hydrogen (secondary N) is 1. The molecule has 1 N–H and O–H groups in total. The Kier molecular flexibility index (Phi) is 3.94. The number of aromatic nitrogens is 1. The molecule has 0 bridgehead atoms. The zero-order chi connectivity index (χ0) is 12.1. The van der Waals surface area contributed by atoms with Crippen LogP contribution in [0.25, 0.3) is 0 Å². The molecular formula is C13H18N4. The van der Waals surface area contributed by atoms with E-state index in [9.17, 15) is 0 Å². The van der Waals surface area contributed by atoms with Crippen LogP contribution < -0.4 is 10.2 Å². The number of hydrogen-bond donors (Lipinski definition) is 1. The molecule has 0 radical (unpaired) electrons. The molecule has 4 nitrogen and oxygen atoms in total. The summed E-state index contributed by atoms with van der Waals surface area (Å²) in [6.07, 6.45) is 4.18. The quantitative estimate of drug-likeness (QED) is 0.852. The molecule has 1 aliphatic rings. The average molecular weight is 230 g/mol. The van der Waals surface area contributed by atoms with Gasteiger partial charge in [-0.3, -0.25) is 0 Å². The Morgan fingerprint density at radius 1 is 1.59 bits per heavy atom. The lowest BCUT2D eigenvalue weighted by atomic mass is 9.99. The predicted octanol–water partition coefficient (Wildman–Crippen LogP) is 1.39. The van der Waals surface area contributed by atoms with E-state index in [1.165, 1.54) is 12.8 Å². The van der Waals surface area contributed by atoms with Crippen molar-refractivity contribution in [2.75, 3.05) is 31.6 Å². The van der Waals surface area contributed by atoms with E-state index < -0.39 is 0 Å². The van der Waals surface area contributed by atoms with Crippen molar-refractivity contribution in [1.29, 1.82) is 5.26 Å². The lowest BCUT2D eigenvalue weighted by molar-refractivity contribution is 0.380. The number of rotatable bonds is 3. The van der Waals surface area contributed by atoms with Gasteiger partial charge < -0.3 is 10.2 Å². The van der Waals surface area contributed by atoms with E-state index in [-0.39, 0.29) is 0 Å². The van der Waals surface area contributed by atoms with Gasteiger partial charge in [0.2, 0.25) is 0 Å². The summed E-state index contributed by atoms with van der Waals surface area (Å²) in [6, 6.07) is 5.81. The highest BCUT2D eigenvalue weighted by Crippen LogP contribution is 2.15. The molecule has 0 saturated carbocycles. The summed E-state index contributed by atoms with van der Waals surface area (Å²) >= 11 is 0. The molecule has 0 amide bonds. The Balaban J connectivity index is 1.94. The molecule has 1 fully saturated rings. The maximum Gasteiger partial charge on any atom is 0.128 e. The zero-order valence-electron chi connectivity index (χ0n) is 10.2. The van der Waals surface area contributed by atoms with Crippen LogP contribution in [0.1, 0.15) is 18.4 Å². The smallest absolute Gasteiger partial charge is 0.128 e. The molecule has 0 aliphatic carbocycles. The van der Waals surface area contributed by atoms with Gasteiger partial charge in [0.15, 0.2) is 0 Å². The predicted molar refractivity (Wildman–Crippen MR) is 67.8 cm³/mol. The lowest BCUT2D eigenvalue weighted by Gasteiger charge is -2.28. The molecule has 1 aromatic heterocycles. The van der Waals surface area contributed by atoms with E-state index in [0.717, 1.165) is 25.5 Å².